The molecule has 0 amide bonds. The molecule has 2 unspecified atom stereocenters. The number of rotatable bonds is 5. The molecular formula is C12H26S. The van der Waals surface area contributed by atoms with Crippen LogP contribution in [-0.2, 0) is 0 Å². The Kier molecular flexibility index (Phi) is 5.43. The summed E-state index contributed by atoms with van der Waals surface area (Å²) in [6.45, 7) is 13.7. The summed E-state index contributed by atoms with van der Waals surface area (Å²) in [6, 6.07) is 0. The second-order valence-corrected chi connectivity index (χ2v) is 6.52. The van der Waals surface area contributed by atoms with Gasteiger partial charge in [-0.3, -0.25) is 0 Å². The molecule has 0 aliphatic rings. The molecule has 0 aromatic carbocycles. The molecule has 13 heavy (non-hydrogen) atoms. The Morgan fingerprint density at radius 3 is 1.85 bits per heavy atom. The molecule has 0 radical (unpaired) electrons. The molecule has 1 heteroatoms. The van der Waals surface area contributed by atoms with Gasteiger partial charge in [0.25, 0.3) is 0 Å². The molecule has 0 rings (SSSR count). The highest BCUT2D eigenvalue weighted by Crippen LogP contribution is 2.33. The van der Waals surface area contributed by atoms with Gasteiger partial charge in [-0.1, -0.05) is 48.0 Å². The van der Waals surface area contributed by atoms with E-state index in [-0.39, 0.29) is 4.75 Å². The lowest BCUT2D eigenvalue weighted by Gasteiger charge is -2.32. The van der Waals surface area contributed by atoms with Crippen molar-refractivity contribution in [3.63, 3.8) is 0 Å². The first-order chi connectivity index (χ1) is 5.78. The van der Waals surface area contributed by atoms with E-state index in [1.54, 1.807) is 0 Å². The molecule has 0 aromatic rings. The largest absolute Gasteiger partial charge is 0.173 e. The molecular weight excluding hydrogens is 176 g/mol. The first-order valence-electron chi connectivity index (χ1n) is 5.50. The van der Waals surface area contributed by atoms with Gasteiger partial charge in [0.2, 0.25) is 0 Å². The molecule has 0 nitrogen and oxygen atoms in total. The molecule has 0 aliphatic carbocycles. The lowest BCUT2D eigenvalue weighted by molar-refractivity contribution is 0.231. The summed E-state index contributed by atoms with van der Waals surface area (Å²) >= 11 is 4.62. The van der Waals surface area contributed by atoms with Crippen LogP contribution in [0, 0.1) is 17.8 Å². The smallest absolute Gasteiger partial charge is 0.00760 e. The molecule has 0 spiro atoms. The minimum Gasteiger partial charge on any atom is -0.173 e. The highest BCUT2D eigenvalue weighted by Gasteiger charge is 2.25. The number of thiol groups is 1. The van der Waals surface area contributed by atoms with E-state index in [0.717, 1.165) is 17.8 Å². The van der Waals surface area contributed by atoms with E-state index < -0.39 is 0 Å². The minimum atomic E-state index is 0.179. The number of hydrogen-bond donors (Lipinski definition) is 1. The molecule has 0 N–H and O–H groups in total. The van der Waals surface area contributed by atoms with E-state index >= 15 is 0 Å². The second-order valence-electron chi connectivity index (χ2n) is 5.31. The zero-order valence-electron chi connectivity index (χ0n) is 10.1. The van der Waals surface area contributed by atoms with Crippen molar-refractivity contribution in [1.82, 2.24) is 0 Å². The summed E-state index contributed by atoms with van der Waals surface area (Å²) in [5.74, 6) is 2.42. The predicted octanol–water partition coefficient (Wildman–Crippen LogP) is 4.40. The Morgan fingerprint density at radius 2 is 1.62 bits per heavy atom. The Balaban J connectivity index is 4.27. The van der Waals surface area contributed by atoms with Crippen molar-refractivity contribution in [1.29, 1.82) is 0 Å². The van der Waals surface area contributed by atoms with Crippen molar-refractivity contribution in [2.24, 2.45) is 17.8 Å². The molecule has 0 fully saturated rings. The van der Waals surface area contributed by atoms with E-state index in [2.05, 4.69) is 54.2 Å². The molecule has 0 aromatic heterocycles. The maximum absolute atomic E-state index is 4.62. The second kappa shape index (κ2) is 5.29. The number of hydrogen-bond acceptors (Lipinski definition) is 1. The quantitative estimate of drug-likeness (QED) is 0.628. The van der Waals surface area contributed by atoms with Gasteiger partial charge in [-0.15, -0.1) is 0 Å². The maximum Gasteiger partial charge on any atom is 0.00760 e. The molecule has 80 valence electrons. The highest BCUT2D eigenvalue weighted by atomic mass is 32.1. The van der Waals surface area contributed by atoms with Crippen LogP contribution in [0.15, 0.2) is 0 Å². The van der Waals surface area contributed by atoms with Gasteiger partial charge in [0, 0.05) is 4.75 Å². The highest BCUT2D eigenvalue weighted by molar-refractivity contribution is 7.81. The molecule has 0 saturated carbocycles. The summed E-state index contributed by atoms with van der Waals surface area (Å²) in [6.07, 6.45) is 2.51. The van der Waals surface area contributed by atoms with Crippen LogP contribution >= 0.6 is 12.6 Å². The normalized spacial score (nSPS) is 17.5. The third kappa shape index (κ3) is 5.61. The van der Waals surface area contributed by atoms with Crippen LogP contribution in [-0.4, -0.2) is 4.75 Å². The van der Waals surface area contributed by atoms with Gasteiger partial charge in [0.05, 0.1) is 0 Å². The zero-order chi connectivity index (χ0) is 10.6. The molecule has 0 bridgehead atoms. The van der Waals surface area contributed by atoms with E-state index in [1.807, 2.05) is 0 Å². The van der Waals surface area contributed by atoms with Gasteiger partial charge in [-0.25, -0.2) is 0 Å². The molecule has 2 atom stereocenters. The first-order valence-corrected chi connectivity index (χ1v) is 5.95. The molecule has 0 saturated heterocycles. The Bertz CT molecular complexity index is 133. The minimum absolute atomic E-state index is 0.179. The van der Waals surface area contributed by atoms with Crippen molar-refractivity contribution in [2.75, 3.05) is 0 Å². The Morgan fingerprint density at radius 1 is 1.15 bits per heavy atom. The average Bonchev–Trinajstić information content (AvgIpc) is 1.96. The SMILES string of the molecule is CCC(C)C(CC(C)(C)S)C(C)C. The average molecular weight is 202 g/mol. The van der Waals surface area contributed by atoms with E-state index in [9.17, 15) is 0 Å². The van der Waals surface area contributed by atoms with Gasteiger partial charge in [0.15, 0.2) is 0 Å². The summed E-state index contributed by atoms with van der Waals surface area (Å²) in [7, 11) is 0. The van der Waals surface area contributed by atoms with E-state index in [1.165, 1.54) is 12.8 Å². The van der Waals surface area contributed by atoms with Crippen LogP contribution in [0.1, 0.15) is 54.4 Å². The summed E-state index contributed by atoms with van der Waals surface area (Å²) < 4.78 is 0.179. The predicted molar refractivity (Wildman–Crippen MR) is 65.5 cm³/mol. The van der Waals surface area contributed by atoms with Crippen molar-refractivity contribution >= 4 is 12.6 Å². The fraction of sp³-hybridized carbons (Fsp3) is 1.00. The third-order valence-electron chi connectivity index (χ3n) is 2.97. The zero-order valence-corrected chi connectivity index (χ0v) is 11.0. The van der Waals surface area contributed by atoms with Crippen LogP contribution in [0.5, 0.6) is 0 Å². The topological polar surface area (TPSA) is 0 Å². The summed E-state index contributed by atoms with van der Waals surface area (Å²) in [4.78, 5) is 0. The summed E-state index contributed by atoms with van der Waals surface area (Å²) in [5.41, 5.74) is 0. The van der Waals surface area contributed by atoms with Gasteiger partial charge >= 0.3 is 0 Å². The van der Waals surface area contributed by atoms with Crippen LogP contribution in [0.2, 0.25) is 0 Å². The van der Waals surface area contributed by atoms with Crippen molar-refractivity contribution in [3.8, 4) is 0 Å². The van der Waals surface area contributed by atoms with Gasteiger partial charge in [-0.05, 0) is 24.2 Å². The Hall–Kier alpha value is 0.350. The van der Waals surface area contributed by atoms with Crippen molar-refractivity contribution in [2.45, 2.75) is 59.1 Å². The van der Waals surface area contributed by atoms with Gasteiger partial charge < -0.3 is 0 Å². The van der Waals surface area contributed by atoms with Gasteiger partial charge in [0.1, 0.15) is 0 Å². The monoisotopic (exact) mass is 202 g/mol. The van der Waals surface area contributed by atoms with Crippen LogP contribution in [0.3, 0.4) is 0 Å². The van der Waals surface area contributed by atoms with Crippen LogP contribution in [0.4, 0.5) is 0 Å². The third-order valence-corrected chi connectivity index (χ3v) is 3.15. The summed E-state index contributed by atoms with van der Waals surface area (Å²) in [5, 5.41) is 0. The van der Waals surface area contributed by atoms with E-state index in [4.69, 9.17) is 0 Å². The maximum atomic E-state index is 4.62. The lowest BCUT2D eigenvalue weighted by Crippen LogP contribution is -2.25. The van der Waals surface area contributed by atoms with Gasteiger partial charge in [-0.2, -0.15) is 12.6 Å². The fourth-order valence-electron chi connectivity index (χ4n) is 1.97. The van der Waals surface area contributed by atoms with Crippen LogP contribution in [0.25, 0.3) is 0 Å². The standard InChI is InChI=1S/C12H26S/c1-7-10(4)11(9(2)3)8-12(5,6)13/h9-11,13H,7-8H2,1-6H3. The van der Waals surface area contributed by atoms with Crippen molar-refractivity contribution in [3.05, 3.63) is 0 Å². The lowest BCUT2D eigenvalue weighted by atomic mass is 9.77. The Labute approximate surface area is 89.9 Å². The molecule has 0 heterocycles. The first kappa shape index (κ1) is 13.4. The van der Waals surface area contributed by atoms with Crippen LogP contribution < -0.4 is 0 Å². The van der Waals surface area contributed by atoms with Crippen molar-refractivity contribution < 1.29 is 0 Å². The van der Waals surface area contributed by atoms with E-state index in [0.29, 0.717) is 0 Å². The molecule has 0 aliphatic heterocycles. The fourth-order valence-corrected chi connectivity index (χ4v) is 2.18.